The molecule has 13 heteroatoms. The normalized spacial score (nSPS) is 18.5. The molecule has 0 radical (unpaired) electrons. The third-order valence-electron chi connectivity index (χ3n) is 6.21. The standard InChI is InChI=1S/C24H32N6O7/c1-13(31)20(23(35)30-8-2-3-19(30)24(36)37)29-22(34)18(9-14-4-6-16(32)7-5-14)28-21(33)17(25)10-15-11-26-12-27-15/h4-7,11-13,17-20,31-32H,2-3,8-10,25H2,1H3,(H,26,27)(H,28,33)(H,29,34)(H,36,37). The average molecular weight is 517 g/mol. The highest BCUT2D eigenvalue weighted by Crippen LogP contribution is 2.19. The largest absolute Gasteiger partial charge is 0.508 e. The summed E-state index contributed by atoms with van der Waals surface area (Å²) in [7, 11) is 0. The number of carbonyl (C=O) groups excluding carboxylic acids is 3. The van der Waals surface area contributed by atoms with Gasteiger partial charge in [-0.2, -0.15) is 0 Å². The number of carbonyl (C=O) groups is 4. The molecule has 8 N–H and O–H groups in total. The molecule has 0 aliphatic carbocycles. The number of nitrogens with zero attached hydrogens (tertiary/aromatic N) is 2. The lowest BCUT2D eigenvalue weighted by Crippen LogP contribution is -2.60. The van der Waals surface area contributed by atoms with Gasteiger partial charge in [0.05, 0.1) is 18.5 Å². The Kier molecular flexibility index (Phi) is 9.20. The van der Waals surface area contributed by atoms with Gasteiger partial charge in [-0.25, -0.2) is 9.78 Å². The van der Waals surface area contributed by atoms with Crippen LogP contribution in [-0.4, -0.2) is 90.7 Å². The van der Waals surface area contributed by atoms with Gasteiger partial charge in [0.25, 0.3) is 0 Å². The number of hydrogen-bond acceptors (Lipinski definition) is 8. The summed E-state index contributed by atoms with van der Waals surface area (Å²) in [6, 6.07) is 1.34. The Balaban J connectivity index is 1.77. The van der Waals surface area contributed by atoms with E-state index in [-0.39, 0.29) is 31.6 Å². The van der Waals surface area contributed by atoms with E-state index >= 15 is 0 Å². The molecule has 5 atom stereocenters. The van der Waals surface area contributed by atoms with E-state index in [4.69, 9.17) is 5.73 Å². The Morgan fingerprint density at radius 3 is 2.46 bits per heavy atom. The Labute approximate surface area is 213 Å². The molecule has 0 bridgehead atoms. The van der Waals surface area contributed by atoms with E-state index in [1.807, 2.05) is 0 Å². The SMILES string of the molecule is CC(O)C(NC(=O)C(Cc1ccc(O)cc1)NC(=O)C(N)Cc1cnc[nH]1)C(=O)N1CCCC1C(=O)O. The minimum absolute atomic E-state index is 0.00316. The van der Waals surface area contributed by atoms with Crippen molar-refractivity contribution in [3.63, 3.8) is 0 Å². The second-order valence-corrected chi connectivity index (χ2v) is 9.07. The molecule has 3 rings (SSSR count). The average Bonchev–Trinajstić information content (AvgIpc) is 3.55. The van der Waals surface area contributed by atoms with Crippen LogP contribution < -0.4 is 16.4 Å². The minimum atomic E-state index is -1.43. The second kappa shape index (κ2) is 12.3. The number of aliphatic hydroxyl groups excluding tert-OH is 1. The van der Waals surface area contributed by atoms with E-state index in [1.165, 1.54) is 31.6 Å². The summed E-state index contributed by atoms with van der Waals surface area (Å²) < 4.78 is 0. The van der Waals surface area contributed by atoms with Crippen LogP contribution in [0.15, 0.2) is 36.8 Å². The van der Waals surface area contributed by atoms with Crippen LogP contribution in [0, 0.1) is 0 Å². The Morgan fingerprint density at radius 2 is 1.86 bits per heavy atom. The number of carboxylic acid groups (broad SMARTS) is 1. The van der Waals surface area contributed by atoms with Crippen LogP contribution in [0.4, 0.5) is 0 Å². The predicted molar refractivity (Wildman–Crippen MR) is 130 cm³/mol. The molecule has 1 aromatic carbocycles. The monoisotopic (exact) mass is 516 g/mol. The molecule has 3 amide bonds. The number of nitrogens with one attached hydrogen (secondary N) is 3. The van der Waals surface area contributed by atoms with Crippen molar-refractivity contribution >= 4 is 23.7 Å². The third-order valence-corrected chi connectivity index (χ3v) is 6.21. The third kappa shape index (κ3) is 7.27. The fraction of sp³-hybridized carbons (Fsp3) is 0.458. The molecule has 37 heavy (non-hydrogen) atoms. The molecular formula is C24H32N6O7. The topological polar surface area (TPSA) is 211 Å². The number of aliphatic hydroxyl groups is 1. The number of nitrogens with two attached hydrogens (primary N) is 1. The first-order valence-corrected chi connectivity index (χ1v) is 11.9. The van der Waals surface area contributed by atoms with Crippen molar-refractivity contribution in [2.24, 2.45) is 5.73 Å². The fourth-order valence-corrected chi connectivity index (χ4v) is 4.19. The van der Waals surface area contributed by atoms with Crippen molar-refractivity contribution in [2.45, 2.75) is 62.9 Å². The Bertz CT molecular complexity index is 1090. The van der Waals surface area contributed by atoms with Crippen molar-refractivity contribution in [1.29, 1.82) is 0 Å². The molecule has 1 aromatic heterocycles. The van der Waals surface area contributed by atoms with Crippen molar-refractivity contribution in [2.75, 3.05) is 6.54 Å². The smallest absolute Gasteiger partial charge is 0.326 e. The van der Waals surface area contributed by atoms with Crippen LogP contribution >= 0.6 is 0 Å². The minimum Gasteiger partial charge on any atom is -0.508 e. The van der Waals surface area contributed by atoms with Crippen LogP contribution in [0.2, 0.25) is 0 Å². The first-order chi connectivity index (χ1) is 17.6. The maximum atomic E-state index is 13.3. The first kappa shape index (κ1) is 27.6. The number of phenols is 1. The lowest BCUT2D eigenvalue weighted by molar-refractivity contribution is -0.150. The summed E-state index contributed by atoms with van der Waals surface area (Å²) in [5.41, 5.74) is 7.24. The number of aromatic hydroxyl groups is 1. The Hall–Kier alpha value is -3.97. The molecule has 13 nitrogen and oxygen atoms in total. The lowest BCUT2D eigenvalue weighted by atomic mass is 10.0. The van der Waals surface area contributed by atoms with E-state index in [1.54, 1.807) is 12.1 Å². The fourth-order valence-electron chi connectivity index (χ4n) is 4.19. The van der Waals surface area contributed by atoms with E-state index < -0.39 is 54.0 Å². The number of H-pyrrole nitrogens is 1. The summed E-state index contributed by atoms with van der Waals surface area (Å²) in [6.45, 7) is 1.49. The number of aliphatic carboxylic acids is 1. The number of likely N-dealkylation sites (tertiary alicyclic amines) is 1. The number of carboxylic acids is 1. The second-order valence-electron chi connectivity index (χ2n) is 9.07. The molecule has 1 saturated heterocycles. The zero-order chi connectivity index (χ0) is 27.1. The maximum Gasteiger partial charge on any atom is 0.326 e. The van der Waals surface area contributed by atoms with Gasteiger partial charge in [0.1, 0.15) is 23.9 Å². The highest BCUT2D eigenvalue weighted by atomic mass is 16.4. The quantitative estimate of drug-likeness (QED) is 0.188. The zero-order valence-electron chi connectivity index (χ0n) is 20.3. The molecule has 2 heterocycles. The highest BCUT2D eigenvalue weighted by molar-refractivity contribution is 5.94. The maximum absolute atomic E-state index is 13.3. The van der Waals surface area contributed by atoms with Crippen molar-refractivity contribution in [3.05, 3.63) is 48.0 Å². The molecular weight excluding hydrogens is 484 g/mol. The van der Waals surface area contributed by atoms with Gasteiger partial charge in [-0.15, -0.1) is 0 Å². The molecule has 1 fully saturated rings. The van der Waals surface area contributed by atoms with E-state index in [2.05, 4.69) is 20.6 Å². The van der Waals surface area contributed by atoms with E-state index in [9.17, 15) is 34.5 Å². The number of hydrogen-bond donors (Lipinski definition) is 7. The van der Waals surface area contributed by atoms with Gasteiger partial charge < -0.3 is 41.6 Å². The highest BCUT2D eigenvalue weighted by Gasteiger charge is 2.40. The zero-order valence-corrected chi connectivity index (χ0v) is 20.3. The van der Waals surface area contributed by atoms with E-state index in [0.717, 1.165) is 4.90 Å². The molecule has 2 aromatic rings. The lowest BCUT2D eigenvalue weighted by Gasteiger charge is -2.30. The van der Waals surface area contributed by atoms with Crippen LogP contribution in [0.3, 0.4) is 0 Å². The molecule has 0 saturated carbocycles. The summed E-state index contributed by atoms with van der Waals surface area (Å²) >= 11 is 0. The number of benzene rings is 1. The van der Waals surface area contributed by atoms with Crippen LogP contribution in [0.1, 0.15) is 31.0 Å². The van der Waals surface area contributed by atoms with Gasteiger partial charge in [0.15, 0.2) is 0 Å². The molecule has 5 unspecified atom stereocenters. The van der Waals surface area contributed by atoms with Crippen LogP contribution in [0.5, 0.6) is 5.75 Å². The molecule has 0 spiro atoms. The van der Waals surface area contributed by atoms with Gasteiger partial charge >= 0.3 is 5.97 Å². The number of phenolic OH excluding ortho intramolecular Hbond substituents is 1. The van der Waals surface area contributed by atoms with Gasteiger partial charge in [-0.05, 0) is 37.5 Å². The van der Waals surface area contributed by atoms with Crippen molar-refractivity contribution < 1.29 is 34.5 Å². The van der Waals surface area contributed by atoms with Gasteiger partial charge in [-0.3, -0.25) is 14.4 Å². The number of rotatable bonds is 11. The van der Waals surface area contributed by atoms with E-state index in [0.29, 0.717) is 17.7 Å². The molecule has 1 aliphatic rings. The van der Waals surface area contributed by atoms with Crippen molar-refractivity contribution in [1.82, 2.24) is 25.5 Å². The summed E-state index contributed by atoms with van der Waals surface area (Å²) in [5.74, 6) is -3.25. The summed E-state index contributed by atoms with van der Waals surface area (Å²) in [4.78, 5) is 58.6. The van der Waals surface area contributed by atoms with Crippen molar-refractivity contribution in [3.8, 4) is 5.75 Å². The Morgan fingerprint density at radius 1 is 1.16 bits per heavy atom. The number of aromatic nitrogens is 2. The van der Waals surface area contributed by atoms with Gasteiger partial charge in [0.2, 0.25) is 17.7 Å². The van der Waals surface area contributed by atoms with Gasteiger partial charge in [0, 0.05) is 31.3 Å². The first-order valence-electron chi connectivity index (χ1n) is 11.9. The predicted octanol–water partition coefficient (Wildman–Crippen LogP) is -1.35. The van der Waals surface area contributed by atoms with Crippen LogP contribution in [-0.2, 0) is 32.0 Å². The number of amides is 3. The number of imidazole rings is 1. The number of aromatic amines is 1. The summed E-state index contributed by atoms with van der Waals surface area (Å²) in [5, 5.41) is 34.3. The van der Waals surface area contributed by atoms with Crippen LogP contribution in [0.25, 0.3) is 0 Å². The molecule has 200 valence electrons. The van der Waals surface area contributed by atoms with Gasteiger partial charge in [-0.1, -0.05) is 12.1 Å². The molecule has 1 aliphatic heterocycles. The summed E-state index contributed by atoms with van der Waals surface area (Å²) in [6.07, 6.45) is 2.53.